The number of pyridine rings is 1. The van der Waals surface area contributed by atoms with Crippen molar-refractivity contribution in [2.75, 3.05) is 11.6 Å². The fourth-order valence-corrected chi connectivity index (χ4v) is 3.41. The van der Waals surface area contributed by atoms with E-state index in [2.05, 4.69) is 38.2 Å². The van der Waals surface area contributed by atoms with Crippen LogP contribution >= 0.6 is 0 Å². The van der Waals surface area contributed by atoms with Crippen LogP contribution in [0.25, 0.3) is 10.9 Å². The summed E-state index contributed by atoms with van der Waals surface area (Å²) in [5.41, 5.74) is 3.08. The van der Waals surface area contributed by atoms with Crippen LogP contribution in [-0.2, 0) is 9.84 Å². The number of nitrogens with one attached hydrogen (secondary N) is 1. The Kier molecular flexibility index (Phi) is 5.31. The van der Waals surface area contributed by atoms with Gasteiger partial charge in [-0.15, -0.1) is 0 Å². The van der Waals surface area contributed by atoms with Crippen LogP contribution in [0.3, 0.4) is 0 Å². The Hall–Kier alpha value is -4.27. The highest BCUT2D eigenvalue weighted by Crippen LogP contribution is 2.19. The molecule has 0 saturated heterocycles. The van der Waals surface area contributed by atoms with Gasteiger partial charge < -0.3 is 5.32 Å². The molecule has 4 rings (SSSR count). The van der Waals surface area contributed by atoms with Crippen LogP contribution in [0.2, 0.25) is 0 Å². The molecule has 0 radical (unpaired) electrons. The summed E-state index contributed by atoms with van der Waals surface area (Å²) in [6.45, 7) is 0. The lowest BCUT2D eigenvalue weighted by molar-refractivity contribution is 0.602. The van der Waals surface area contributed by atoms with Gasteiger partial charge in [-0.25, -0.2) is 23.4 Å². The third kappa shape index (κ3) is 4.67. The van der Waals surface area contributed by atoms with E-state index in [9.17, 15) is 8.42 Å². The first-order valence-corrected chi connectivity index (χ1v) is 11.0. The topological polar surface area (TPSA) is 109 Å². The largest absolute Gasteiger partial charge is 0.324 e. The second kappa shape index (κ2) is 8.23. The molecule has 2 aromatic heterocycles. The van der Waals surface area contributed by atoms with Gasteiger partial charge in [0.15, 0.2) is 9.84 Å². The summed E-state index contributed by atoms with van der Waals surface area (Å²) < 4.78 is 23.2. The van der Waals surface area contributed by atoms with Gasteiger partial charge >= 0.3 is 0 Å². The number of nitrogens with zero attached hydrogens (tertiary/aromatic N) is 4. The number of fused-ring (bicyclic) bond motifs is 1. The van der Waals surface area contributed by atoms with Gasteiger partial charge in [0, 0.05) is 35.3 Å². The molecule has 0 atom stereocenters. The summed E-state index contributed by atoms with van der Waals surface area (Å²) in [5, 5.41) is 12.7. The fraction of sp³-hybridized carbons (Fsp3) is 0.0435. The smallest absolute Gasteiger partial charge is 0.227 e. The van der Waals surface area contributed by atoms with Gasteiger partial charge in [-0.3, -0.25) is 0 Å². The molecule has 0 aliphatic rings. The minimum absolute atomic E-state index is 0.238. The fourth-order valence-electron chi connectivity index (χ4n) is 2.78. The predicted molar refractivity (Wildman–Crippen MR) is 117 cm³/mol. The molecule has 0 amide bonds. The summed E-state index contributed by atoms with van der Waals surface area (Å²) in [7, 11) is -3.26. The number of sulfone groups is 1. The average Bonchev–Trinajstić information content (AvgIpc) is 2.78. The molecule has 0 fully saturated rings. The van der Waals surface area contributed by atoms with Gasteiger partial charge in [-0.2, -0.15) is 5.26 Å². The SMILES string of the molecule is CS(=O)(=O)c1ccc(Nc2ncc3ccnc(C#Cc4ccc(C#N)cc4)c3n2)cc1. The predicted octanol–water partition coefficient (Wildman–Crippen LogP) is 3.44. The molecule has 0 bridgehead atoms. The van der Waals surface area contributed by atoms with E-state index in [1.54, 1.807) is 54.9 Å². The van der Waals surface area contributed by atoms with Gasteiger partial charge in [-0.1, -0.05) is 5.92 Å². The molecule has 8 heteroatoms. The monoisotopic (exact) mass is 425 g/mol. The van der Waals surface area contributed by atoms with E-state index in [1.165, 1.54) is 12.1 Å². The number of hydrogen-bond acceptors (Lipinski definition) is 7. The lowest BCUT2D eigenvalue weighted by Crippen LogP contribution is -2.00. The quantitative estimate of drug-likeness (QED) is 0.501. The average molecular weight is 425 g/mol. The van der Waals surface area contributed by atoms with Gasteiger partial charge in [0.25, 0.3) is 0 Å². The van der Waals surface area contributed by atoms with Crippen LogP contribution in [0.15, 0.2) is 71.9 Å². The molecule has 1 N–H and O–H groups in total. The van der Waals surface area contributed by atoms with Crippen molar-refractivity contribution in [3.8, 4) is 17.9 Å². The molecule has 2 heterocycles. The Bertz CT molecular complexity index is 1480. The van der Waals surface area contributed by atoms with Gasteiger partial charge in [0.2, 0.25) is 5.95 Å². The van der Waals surface area contributed by atoms with Crippen molar-refractivity contribution >= 4 is 32.4 Å². The minimum Gasteiger partial charge on any atom is -0.324 e. The Balaban J connectivity index is 1.64. The third-order valence-corrected chi connectivity index (χ3v) is 5.51. The summed E-state index contributed by atoms with van der Waals surface area (Å²) >= 11 is 0. The first-order valence-electron chi connectivity index (χ1n) is 9.13. The zero-order valence-electron chi connectivity index (χ0n) is 16.4. The Morgan fingerprint density at radius 2 is 1.61 bits per heavy atom. The summed E-state index contributed by atoms with van der Waals surface area (Å²) in [4.78, 5) is 13.4. The molecular formula is C23H15N5O2S. The van der Waals surface area contributed by atoms with Crippen LogP contribution < -0.4 is 5.32 Å². The highest BCUT2D eigenvalue weighted by atomic mass is 32.2. The molecule has 0 unspecified atom stereocenters. The molecule has 31 heavy (non-hydrogen) atoms. The van der Waals surface area contributed by atoms with Crippen LogP contribution in [-0.4, -0.2) is 29.6 Å². The van der Waals surface area contributed by atoms with E-state index in [0.29, 0.717) is 28.4 Å². The maximum absolute atomic E-state index is 11.6. The van der Waals surface area contributed by atoms with Crippen LogP contribution in [0.5, 0.6) is 0 Å². The van der Waals surface area contributed by atoms with Gasteiger partial charge in [0.05, 0.1) is 16.5 Å². The van der Waals surface area contributed by atoms with Crippen LogP contribution in [0.1, 0.15) is 16.8 Å². The van der Waals surface area contributed by atoms with E-state index in [1.807, 2.05) is 0 Å². The third-order valence-electron chi connectivity index (χ3n) is 4.38. The summed E-state index contributed by atoms with van der Waals surface area (Å²) in [6, 6.07) is 17.2. The van der Waals surface area contributed by atoms with Crippen molar-refractivity contribution in [3.63, 3.8) is 0 Å². The van der Waals surface area contributed by atoms with E-state index in [-0.39, 0.29) is 4.90 Å². The van der Waals surface area contributed by atoms with E-state index >= 15 is 0 Å². The minimum atomic E-state index is -3.26. The molecule has 2 aromatic carbocycles. The molecule has 7 nitrogen and oxygen atoms in total. The maximum atomic E-state index is 11.6. The van der Waals surface area contributed by atoms with Gasteiger partial charge in [0.1, 0.15) is 11.2 Å². The zero-order valence-corrected chi connectivity index (χ0v) is 17.2. The molecule has 0 spiro atoms. The number of benzene rings is 2. The summed E-state index contributed by atoms with van der Waals surface area (Å²) in [6.07, 6.45) is 4.48. The molecule has 0 aliphatic heterocycles. The molecule has 150 valence electrons. The van der Waals surface area contributed by atoms with Crippen LogP contribution in [0.4, 0.5) is 11.6 Å². The standard InChI is InChI=1S/C23H15N5O2S/c1-31(29,30)20-9-7-19(8-10-20)27-23-26-15-18-12-13-25-21(22(18)28-23)11-6-16-2-4-17(14-24)5-3-16/h2-5,7-10,12-13,15H,1H3,(H,26,27,28). The Morgan fingerprint density at radius 1 is 0.903 bits per heavy atom. The summed E-state index contributed by atoms with van der Waals surface area (Å²) in [5.74, 6) is 6.40. The van der Waals surface area contributed by atoms with Gasteiger partial charge in [-0.05, 0) is 60.5 Å². The number of anilines is 2. The first kappa shape index (κ1) is 20.0. The second-order valence-corrected chi connectivity index (χ2v) is 8.67. The normalized spacial score (nSPS) is 10.7. The second-order valence-electron chi connectivity index (χ2n) is 6.65. The van der Waals surface area contributed by atoms with E-state index < -0.39 is 9.84 Å². The lowest BCUT2D eigenvalue weighted by atomic mass is 10.1. The maximum Gasteiger partial charge on any atom is 0.227 e. The Morgan fingerprint density at radius 3 is 2.29 bits per heavy atom. The molecule has 0 saturated carbocycles. The number of rotatable bonds is 3. The highest BCUT2D eigenvalue weighted by molar-refractivity contribution is 7.90. The van der Waals surface area contributed by atoms with Crippen molar-refractivity contribution in [2.45, 2.75) is 4.90 Å². The van der Waals surface area contributed by atoms with Crippen molar-refractivity contribution in [2.24, 2.45) is 0 Å². The van der Waals surface area contributed by atoms with Crippen molar-refractivity contribution in [1.29, 1.82) is 5.26 Å². The first-order chi connectivity index (χ1) is 14.9. The van der Waals surface area contributed by atoms with E-state index in [0.717, 1.165) is 17.2 Å². The van der Waals surface area contributed by atoms with Crippen LogP contribution in [0, 0.1) is 23.2 Å². The lowest BCUT2D eigenvalue weighted by Gasteiger charge is -2.07. The van der Waals surface area contributed by atoms with Crippen molar-refractivity contribution < 1.29 is 8.42 Å². The molecule has 0 aliphatic carbocycles. The highest BCUT2D eigenvalue weighted by Gasteiger charge is 2.08. The Labute approximate surface area is 179 Å². The number of nitriles is 1. The van der Waals surface area contributed by atoms with E-state index in [4.69, 9.17) is 5.26 Å². The number of aromatic nitrogens is 3. The van der Waals surface area contributed by atoms with Crippen molar-refractivity contribution in [1.82, 2.24) is 15.0 Å². The van der Waals surface area contributed by atoms with Crippen molar-refractivity contribution in [3.05, 3.63) is 83.8 Å². The number of hydrogen-bond donors (Lipinski definition) is 1. The molecule has 4 aromatic rings. The zero-order chi connectivity index (χ0) is 21.8. The molecular weight excluding hydrogens is 410 g/mol.